The fourth-order valence-electron chi connectivity index (χ4n) is 6.29. The highest BCUT2D eigenvalue weighted by atomic mass is 35.5. The minimum atomic E-state index is -2.72. The number of carbonyl (C=O) groups is 1. The lowest BCUT2D eigenvalue weighted by Crippen LogP contribution is -2.60. The first-order valence-electron chi connectivity index (χ1n) is 14.1. The van der Waals surface area contributed by atoms with E-state index in [2.05, 4.69) is 11.6 Å². The van der Waals surface area contributed by atoms with Crippen LogP contribution in [0.25, 0.3) is 22.0 Å². The Kier molecular flexibility index (Phi) is 8.45. The lowest BCUT2D eigenvalue weighted by atomic mass is 10.00. The summed E-state index contributed by atoms with van der Waals surface area (Å²) in [5.41, 5.74) is -0.835. The van der Waals surface area contributed by atoms with E-state index in [0.29, 0.717) is 38.5 Å². The zero-order valence-corrected chi connectivity index (χ0v) is 24.5. The maximum atomic E-state index is 16.4. The van der Waals surface area contributed by atoms with Crippen molar-refractivity contribution in [3.8, 4) is 16.9 Å². The Labute approximate surface area is 258 Å². The maximum absolute atomic E-state index is 16.4. The van der Waals surface area contributed by atoms with E-state index in [9.17, 15) is 23.1 Å². The third-order valence-electron chi connectivity index (χ3n) is 8.67. The molecule has 6 rings (SSSR count). The number of aromatic hydroxyl groups is 1. The number of likely N-dealkylation sites (tertiary alicyclic amines) is 1. The van der Waals surface area contributed by atoms with Crippen LogP contribution in [0.5, 0.6) is 5.75 Å². The Morgan fingerprint density at radius 2 is 1.84 bits per heavy atom. The molecular weight excluding hydrogens is 600 g/mol. The van der Waals surface area contributed by atoms with Gasteiger partial charge in [-0.15, -0.1) is 0 Å². The monoisotopic (exact) mass is 634 g/mol. The van der Waals surface area contributed by atoms with E-state index < -0.39 is 23.3 Å². The average molecular weight is 635 g/mol. The van der Waals surface area contributed by atoms with Crippen LogP contribution in [0.3, 0.4) is 0 Å². The van der Waals surface area contributed by atoms with Crippen molar-refractivity contribution in [2.75, 3.05) is 49.1 Å². The number of hydrogen-bond acceptors (Lipinski definition) is 7. The van der Waals surface area contributed by atoms with Gasteiger partial charge in [-0.2, -0.15) is 4.98 Å². The SMILES string of the molecule is C.C=CC(=O)N1C[C@H](C)N(c2nc(N3CC(N4CCC(F)(F)C4)C3)nc3c(F)c(-c4c(O)cccc4F)c(Cl)cc23)C[C@H]1C. The minimum absolute atomic E-state index is 0. The molecule has 2 aromatic carbocycles. The number of phenols is 1. The first-order valence-corrected chi connectivity index (χ1v) is 14.5. The fraction of sp³-hybridized carbons (Fsp3) is 0.452. The van der Waals surface area contributed by atoms with Crippen LogP contribution >= 0.6 is 11.6 Å². The summed E-state index contributed by atoms with van der Waals surface area (Å²) in [6.45, 7) is 8.88. The van der Waals surface area contributed by atoms with Crippen LogP contribution in [0.2, 0.25) is 5.02 Å². The third-order valence-corrected chi connectivity index (χ3v) is 8.97. The normalized spacial score (nSPS) is 22.2. The summed E-state index contributed by atoms with van der Waals surface area (Å²) in [5.74, 6) is -4.60. The number of halogens is 5. The highest BCUT2D eigenvalue weighted by molar-refractivity contribution is 6.34. The molecule has 236 valence electrons. The molecule has 44 heavy (non-hydrogen) atoms. The van der Waals surface area contributed by atoms with Crippen molar-refractivity contribution >= 4 is 40.2 Å². The zero-order chi connectivity index (χ0) is 30.8. The second kappa shape index (κ2) is 11.7. The molecule has 0 radical (unpaired) electrons. The Hall–Kier alpha value is -3.64. The van der Waals surface area contributed by atoms with Crippen molar-refractivity contribution < 1.29 is 27.5 Å². The molecule has 1 N–H and O–H groups in total. The number of nitrogens with zero attached hydrogens (tertiary/aromatic N) is 6. The van der Waals surface area contributed by atoms with Gasteiger partial charge in [-0.25, -0.2) is 22.5 Å². The molecule has 0 bridgehead atoms. The highest BCUT2D eigenvalue weighted by Gasteiger charge is 2.45. The number of anilines is 2. The van der Waals surface area contributed by atoms with Gasteiger partial charge in [0.05, 0.1) is 17.1 Å². The van der Waals surface area contributed by atoms with Gasteiger partial charge in [0.1, 0.15) is 22.9 Å². The van der Waals surface area contributed by atoms with Crippen LogP contribution < -0.4 is 9.80 Å². The van der Waals surface area contributed by atoms with Gasteiger partial charge in [-0.3, -0.25) is 9.69 Å². The molecule has 0 unspecified atom stereocenters. The van der Waals surface area contributed by atoms with Crippen LogP contribution in [0.15, 0.2) is 36.9 Å². The molecule has 4 heterocycles. The van der Waals surface area contributed by atoms with Crippen LogP contribution in [-0.4, -0.2) is 94.1 Å². The number of rotatable bonds is 5. The van der Waals surface area contributed by atoms with Gasteiger partial charge in [0.25, 0.3) is 5.92 Å². The first kappa shape index (κ1) is 31.8. The zero-order valence-electron chi connectivity index (χ0n) is 23.7. The Bertz CT molecular complexity index is 1600. The number of aromatic nitrogens is 2. The molecule has 1 aromatic heterocycles. The van der Waals surface area contributed by atoms with Crippen molar-refractivity contribution in [2.24, 2.45) is 0 Å². The molecule has 3 aromatic rings. The van der Waals surface area contributed by atoms with Gasteiger partial charge in [0.2, 0.25) is 11.9 Å². The first-order chi connectivity index (χ1) is 20.4. The topological polar surface area (TPSA) is 76.0 Å². The predicted molar refractivity (Wildman–Crippen MR) is 164 cm³/mol. The van der Waals surface area contributed by atoms with Gasteiger partial charge in [-0.1, -0.05) is 31.7 Å². The third kappa shape index (κ3) is 5.42. The van der Waals surface area contributed by atoms with Crippen molar-refractivity contribution in [3.63, 3.8) is 0 Å². The molecule has 0 spiro atoms. The molecule has 8 nitrogen and oxygen atoms in total. The van der Waals surface area contributed by atoms with E-state index in [1.54, 1.807) is 14.7 Å². The van der Waals surface area contributed by atoms with Crippen molar-refractivity contribution in [1.29, 1.82) is 0 Å². The van der Waals surface area contributed by atoms with Gasteiger partial charge >= 0.3 is 0 Å². The number of piperazine rings is 1. The van der Waals surface area contributed by atoms with Crippen LogP contribution in [0, 0.1) is 11.6 Å². The second-order valence-electron chi connectivity index (χ2n) is 11.6. The molecule has 1 amide bonds. The summed E-state index contributed by atoms with van der Waals surface area (Å²) in [7, 11) is 0. The van der Waals surface area contributed by atoms with Gasteiger partial charge in [0, 0.05) is 68.2 Å². The summed E-state index contributed by atoms with van der Waals surface area (Å²) in [6, 6.07) is 4.52. The predicted octanol–water partition coefficient (Wildman–Crippen LogP) is 5.71. The lowest BCUT2D eigenvalue weighted by Gasteiger charge is -2.46. The molecule has 2 atom stereocenters. The quantitative estimate of drug-likeness (QED) is 0.285. The lowest BCUT2D eigenvalue weighted by molar-refractivity contribution is -0.128. The van der Waals surface area contributed by atoms with Crippen molar-refractivity contribution in [3.05, 3.63) is 53.6 Å². The Morgan fingerprint density at radius 1 is 1.11 bits per heavy atom. The summed E-state index contributed by atoms with van der Waals surface area (Å²) in [4.78, 5) is 29.0. The number of phenolic OH excluding ortho intramolecular Hbond substituents is 1. The fourth-order valence-corrected chi connectivity index (χ4v) is 6.57. The minimum Gasteiger partial charge on any atom is -0.507 e. The summed E-state index contributed by atoms with van der Waals surface area (Å²) >= 11 is 6.57. The molecule has 3 saturated heterocycles. The Balaban J connectivity index is 0.00000384. The van der Waals surface area contributed by atoms with E-state index in [0.717, 1.165) is 6.07 Å². The van der Waals surface area contributed by atoms with Gasteiger partial charge in [-0.05, 0) is 38.1 Å². The summed E-state index contributed by atoms with van der Waals surface area (Å²) in [5, 5.41) is 10.6. The highest BCUT2D eigenvalue weighted by Crippen LogP contribution is 2.43. The maximum Gasteiger partial charge on any atom is 0.261 e. The number of alkyl halides is 2. The van der Waals surface area contributed by atoms with E-state index in [1.165, 1.54) is 24.3 Å². The van der Waals surface area contributed by atoms with E-state index in [-0.39, 0.29) is 77.4 Å². The van der Waals surface area contributed by atoms with E-state index >= 15 is 4.39 Å². The average Bonchev–Trinajstić information content (AvgIpc) is 3.28. The molecule has 0 saturated carbocycles. The molecule has 3 aliphatic heterocycles. The Morgan fingerprint density at radius 3 is 2.48 bits per heavy atom. The van der Waals surface area contributed by atoms with Gasteiger partial charge < -0.3 is 19.8 Å². The number of fused-ring (bicyclic) bond motifs is 1. The van der Waals surface area contributed by atoms with Crippen LogP contribution in [0.1, 0.15) is 27.7 Å². The van der Waals surface area contributed by atoms with Crippen molar-refractivity contribution in [2.45, 2.75) is 51.7 Å². The number of hydrogen-bond donors (Lipinski definition) is 1. The number of amides is 1. The van der Waals surface area contributed by atoms with Crippen molar-refractivity contribution in [1.82, 2.24) is 19.8 Å². The molecule has 3 aliphatic rings. The molecule has 13 heteroatoms. The van der Waals surface area contributed by atoms with Crippen LogP contribution in [0.4, 0.5) is 29.3 Å². The molecule has 3 fully saturated rings. The smallest absolute Gasteiger partial charge is 0.261 e. The van der Waals surface area contributed by atoms with E-state index in [4.69, 9.17) is 16.6 Å². The summed E-state index contributed by atoms with van der Waals surface area (Å²) in [6.07, 6.45) is 1.08. The van der Waals surface area contributed by atoms with Crippen LogP contribution in [-0.2, 0) is 4.79 Å². The second-order valence-corrected chi connectivity index (χ2v) is 12.0. The van der Waals surface area contributed by atoms with E-state index in [1.807, 2.05) is 18.7 Å². The number of carbonyl (C=O) groups excluding carboxylic acids is 1. The standard InChI is InChI=1S/C30H31ClF4N6O2.CH4/c1-4-23(43)40-11-17(3)41(12-16(40)2)28-19-10-20(31)24(25-21(32)6-5-7-22(25)42)26(33)27(19)36-29(37-28)39-13-18(14-39)38-9-8-30(34,35)15-38;/h4-7,10,16-18,42H,1,8-9,11-15H2,2-3H3;1H4/t16-,17+;/m1./s1. The largest absolute Gasteiger partial charge is 0.507 e. The van der Waals surface area contributed by atoms with Gasteiger partial charge in [0.15, 0.2) is 5.82 Å². The summed E-state index contributed by atoms with van der Waals surface area (Å²) < 4.78 is 59.0. The number of benzene rings is 2. The molecule has 0 aliphatic carbocycles. The molecular formula is C31H35ClF4N6O2.